The van der Waals surface area contributed by atoms with Crippen molar-refractivity contribution in [3.05, 3.63) is 35.7 Å². The number of benzene rings is 1. The first kappa shape index (κ1) is 16.9. The molecule has 1 aromatic heterocycles. The van der Waals surface area contributed by atoms with Gasteiger partial charge < -0.3 is 14.2 Å². The first-order valence-corrected chi connectivity index (χ1v) is 7.20. The van der Waals surface area contributed by atoms with Crippen LogP contribution in [0.2, 0.25) is 0 Å². The Balaban J connectivity index is 1.75. The van der Waals surface area contributed by atoms with Gasteiger partial charge in [0.1, 0.15) is 0 Å². The zero-order valence-corrected chi connectivity index (χ0v) is 12.7. The van der Waals surface area contributed by atoms with E-state index in [0.717, 1.165) is 0 Å². The number of hydrogen-bond acceptors (Lipinski definition) is 6. The summed E-state index contributed by atoms with van der Waals surface area (Å²) < 4.78 is 46.8. The molecule has 1 aromatic carbocycles. The number of morpholine rings is 1. The van der Waals surface area contributed by atoms with Crippen LogP contribution in [0.3, 0.4) is 0 Å². The summed E-state index contributed by atoms with van der Waals surface area (Å²) in [7, 11) is 0. The summed E-state index contributed by atoms with van der Waals surface area (Å²) >= 11 is 0. The Morgan fingerprint density at radius 1 is 1.32 bits per heavy atom. The number of nitriles is 1. The van der Waals surface area contributed by atoms with Crippen molar-refractivity contribution in [1.29, 1.82) is 5.26 Å². The van der Waals surface area contributed by atoms with Crippen molar-refractivity contribution in [1.82, 2.24) is 15.0 Å². The van der Waals surface area contributed by atoms with E-state index in [4.69, 9.17) is 10.00 Å². The lowest BCUT2D eigenvalue weighted by Gasteiger charge is -2.29. The first-order valence-electron chi connectivity index (χ1n) is 7.20. The second kappa shape index (κ2) is 6.52. The van der Waals surface area contributed by atoms with Crippen molar-refractivity contribution in [3.63, 3.8) is 0 Å². The van der Waals surface area contributed by atoms with Crippen molar-refractivity contribution in [2.45, 2.75) is 12.3 Å². The molecule has 1 fully saturated rings. The topological polar surface area (TPSA) is 92.2 Å². The van der Waals surface area contributed by atoms with Crippen LogP contribution in [0.1, 0.15) is 16.2 Å². The van der Waals surface area contributed by atoms with Gasteiger partial charge in [-0.25, -0.2) is 0 Å². The lowest BCUT2D eigenvalue weighted by Crippen LogP contribution is -2.45. The Morgan fingerprint density at radius 2 is 2.04 bits per heavy atom. The van der Waals surface area contributed by atoms with Crippen LogP contribution in [0.25, 0.3) is 11.4 Å². The zero-order valence-electron chi connectivity index (χ0n) is 12.7. The predicted molar refractivity (Wildman–Crippen MR) is 76.0 cm³/mol. The number of nitrogens with zero attached hydrogens (tertiary/aromatic N) is 4. The van der Waals surface area contributed by atoms with E-state index in [2.05, 4.69) is 14.7 Å². The van der Waals surface area contributed by atoms with E-state index in [9.17, 15) is 18.0 Å². The van der Waals surface area contributed by atoms with E-state index in [-0.39, 0.29) is 30.4 Å². The van der Waals surface area contributed by atoms with Gasteiger partial charge in [-0.1, -0.05) is 17.3 Å². The number of carbonyl (C=O) groups is 1. The van der Waals surface area contributed by atoms with Gasteiger partial charge in [-0.3, -0.25) is 4.79 Å². The third kappa shape index (κ3) is 3.61. The first-order chi connectivity index (χ1) is 11.9. The number of rotatable bonds is 2. The molecule has 0 spiro atoms. The Labute approximate surface area is 139 Å². The number of amides is 1. The minimum absolute atomic E-state index is 0.164. The maximum absolute atomic E-state index is 12.5. The van der Waals surface area contributed by atoms with Crippen LogP contribution in [0, 0.1) is 11.3 Å². The molecule has 0 saturated carbocycles. The normalized spacial score (nSPS) is 18.0. The lowest BCUT2D eigenvalue weighted by molar-refractivity contribution is -0.159. The van der Waals surface area contributed by atoms with Crippen molar-refractivity contribution >= 4 is 5.91 Å². The smallest absolute Gasteiger partial charge is 0.360 e. The Kier molecular flexibility index (Phi) is 4.41. The van der Waals surface area contributed by atoms with Crippen LogP contribution < -0.4 is 0 Å². The quantitative estimate of drug-likeness (QED) is 0.822. The Bertz CT molecular complexity index is 811. The lowest BCUT2D eigenvalue weighted by atomic mass is 10.1. The molecule has 130 valence electrons. The average Bonchev–Trinajstić information content (AvgIpc) is 3.12. The van der Waals surface area contributed by atoms with Gasteiger partial charge in [-0.15, -0.1) is 0 Å². The van der Waals surface area contributed by atoms with Crippen molar-refractivity contribution in [2.24, 2.45) is 0 Å². The van der Waals surface area contributed by atoms with E-state index < -0.39 is 18.2 Å². The van der Waals surface area contributed by atoms with Crippen molar-refractivity contribution < 1.29 is 27.2 Å². The van der Waals surface area contributed by atoms with E-state index in [1.807, 2.05) is 6.07 Å². The number of ether oxygens (including phenoxy) is 1. The molecule has 1 atom stereocenters. The maximum atomic E-state index is 12.5. The minimum atomic E-state index is -4.71. The molecule has 1 aliphatic rings. The van der Waals surface area contributed by atoms with Gasteiger partial charge in [0.25, 0.3) is 5.91 Å². The molecule has 0 bridgehead atoms. The van der Waals surface area contributed by atoms with E-state index in [0.29, 0.717) is 12.1 Å². The summed E-state index contributed by atoms with van der Waals surface area (Å²) in [6.45, 7) is 0.792. The van der Waals surface area contributed by atoms with Gasteiger partial charge in [0, 0.05) is 17.7 Å². The highest BCUT2D eigenvalue weighted by Gasteiger charge is 2.38. The van der Waals surface area contributed by atoms with Crippen LogP contribution in [0.5, 0.6) is 0 Å². The summed E-state index contributed by atoms with van der Waals surface area (Å²) in [5.41, 5.74) is 0.620. The number of halogens is 3. The number of aromatic nitrogens is 2. The molecule has 2 heterocycles. The van der Waals surface area contributed by atoms with Gasteiger partial charge in [0.15, 0.2) is 6.10 Å². The van der Waals surface area contributed by atoms with E-state index in [1.165, 1.54) is 29.2 Å². The molecule has 25 heavy (non-hydrogen) atoms. The fourth-order valence-corrected chi connectivity index (χ4v) is 2.31. The SMILES string of the molecule is N#C[C@@H]1CN(C(=O)c2ccc(-c3noc(C(F)(F)F)n3)cc2)CCO1. The van der Waals surface area contributed by atoms with Crippen LogP contribution in [-0.2, 0) is 10.9 Å². The average molecular weight is 352 g/mol. The molecule has 7 nitrogen and oxygen atoms in total. The summed E-state index contributed by atoms with van der Waals surface area (Å²) in [6, 6.07) is 7.73. The molecular weight excluding hydrogens is 341 g/mol. The van der Waals surface area contributed by atoms with Gasteiger partial charge >= 0.3 is 12.1 Å². The molecular formula is C15H11F3N4O3. The molecule has 0 unspecified atom stereocenters. The molecule has 1 saturated heterocycles. The van der Waals surface area contributed by atoms with Gasteiger partial charge in [-0.2, -0.15) is 23.4 Å². The third-order valence-electron chi connectivity index (χ3n) is 3.56. The Morgan fingerprint density at radius 3 is 2.64 bits per heavy atom. The van der Waals surface area contributed by atoms with Gasteiger partial charge in [0.2, 0.25) is 5.82 Å². The fraction of sp³-hybridized carbons (Fsp3) is 0.333. The summed E-state index contributed by atoms with van der Waals surface area (Å²) in [5.74, 6) is -1.94. The molecule has 1 amide bonds. The standard InChI is InChI=1S/C15H11F3N4O3/c16-15(17,18)14-20-12(21-25-14)9-1-3-10(4-2-9)13(23)22-5-6-24-11(7-19)8-22/h1-4,11H,5-6,8H2/t11-/m1/s1. The number of carbonyl (C=O) groups excluding carboxylic acids is 1. The molecule has 3 rings (SSSR count). The van der Waals surface area contributed by atoms with E-state index in [1.54, 1.807) is 0 Å². The second-order valence-electron chi connectivity index (χ2n) is 5.24. The summed E-state index contributed by atoms with van der Waals surface area (Å²) in [6.07, 6.45) is -5.38. The van der Waals surface area contributed by atoms with Crippen LogP contribution in [-0.4, -0.2) is 46.7 Å². The van der Waals surface area contributed by atoms with Gasteiger partial charge in [-0.05, 0) is 12.1 Å². The highest BCUT2D eigenvalue weighted by Crippen LogP contribution is 2.29. The highest BCUT2D eigenvalue weighted by atomic mass is 19.4. The minimum Gasteiger partial charge on any atom is -0.360 e. The van der Waals surface area contributed by atoms with Crippen molar-refractivity contribution in [2.75, 3.05) is 19.7 Å². The number of alkyl halides is 3. The molecule has 1 aliphatic heterocycles. The predicted octanol–water partition coefficient (Wildman–Crippen LogP) is 2.12. The van der Waals surface area contributed by atoms with Crippen molar-refractivity contribution in [3.8, 4) is 17.5 Å². The van der Waals surface area contributed by atoms with Crippen LogP contribution in [0.4, 0.5) is 13.2 Å². The maximum Gasteiger partial charge on any atom is 0.471 e. The van der Waals surface area contributed by atoms with E-state index >= 15 is 0 Å². The monoisotopic (exact) mass is 352 g/mol. The largest absolute Gasteiger partial charge is 0.471 e. The van der Waals surface area contributed by atoms with Crippen LogP contribution >= 0.6 is 0 Å². The van der Waals surface area contributed by atoms with Crippen LogP contribution in [0.15, 0.2) is 28.8 Å². The molecule has 2 aromatic rings. The van der Waals surface area contributed by atoms with Gasteiger partial charge in [0.05, 0.1) is 19.2 Å². The fourth-order valence-electron chi connectivity index (χ4n) is 2.31. The second-order valence-corrected chi connectivity index (χ2v) is 5.24. The summed E-state index contributed by atoms with van der Waals surface area (Å²) in [4.78, 5) is 17.2. The zero-order chi connectivity index (χ0) is 18.0. The molecule has 0 aliphatic carbocycles. The highest BCUT2D eigenvalue weighted by molar-refractivity contribution is 5.94. The Hall–Kier alpha value is -2.93. The molecule has 0 N–H and O–H groups in total. The molecule has 10 heteroatoms. The molecule has 0 radical (unpaired) electrons. The number of hydrogen-bond donors (Lipinski definition) is 0. The summed E-state index contributed by atoms with van der Waals surface area (Å²) in [5, 5.41) is 12.2. The third-order valence-corrected chi connectivity index (χ3v) is 3.56.